The van der Waals surface area contributed by atoms with E-state index in [-0.39, 0.29) is 5.60 Å². The second-order valence-electron chi connectivity index (χ2n) is 3.71. The van der Waals surface area contributed by atoms with Gasteiger partial charge in [-0.05, 0) is 19.3 Å². The summed E-state index contributed by atoms with van der Waals surface area (Å²) in [6, 6.07) is 0. The Morgan fingerprint density at radius 3 is 2.77 bits per heavy atom. The fraction of sp³-hybridized carbons (Fsp3) is 0.818. The Hall–Kier alpha value is -0.340. The first-order valence-electron chi connectivity index (χ1n) is 5.15. The van der Waals surface area contributed by atoms with Crippen molar-refractivity contribution < 1.29 is 9.47 Å². The van der Waals surface area contributed by atoms with Gasteiger partial charge in [0.1, 0.15) is 5.60 Å². The van der Waals surface area contributed by atoms with Crippen molar-refractivity contribution in [2.24, 2.45) is 0 Å². The molecule has 2 nitrogen and oxygen atoms in total. The number of unbranched alkanes of at least 4 members (excludes halogenated alkanes) is 1. The molecule has 0 unspecified atom stereocenters. The van der Waals surface area contributed by atoms with Crippen LogP contribution in [-0.4, -0.2) is 25.4 Å². The van der Waals surface area contributed by atoms with Gasteiger partial charge in [0.25, 0.3) is 0 Å². The highest BCUT2D eigenvalue weighted by molar-refractivity contribution is 4.87. The zero-order valence-electron chi connectivity index (χ0n) is 8.55. The van der Waals surface area contributed by atoms with Gasteiger partial charge in [0.2, 0.25) is 0 Å². The average Bonchev–Trinajstić information content (AvgIpc) is 2.08. The third-order valence-corrected chi connectivity index (χ3v) is 2.40. The molecule has 1 aliphatic heterocycles. The minimum absolute atomic E-state index is 0.0654. The maximum atomic E-state index is 5.84. The molecule has 1 fully saturated rings. The maximum Gasteiger partial charge on any atom is 0.115 e. The van der Waals surface area contributed by atoms with Crippen molar-refractivity contribution >= 4 is 0 Å². The summed E-state index contributed by atoms with van der Waals surface area (Å²) >= 11 is 0. The largest absolute Gasteiger partial charge is 0.375 e. The van der Waals surface area contributed by atoms with Crippen molar-refractivity contribution in [3.8, 4) is 0 Å². The Morgan fingerprint density at radius 2 is 2.31 bits per heavy atom. The van der Waals surface area contributed by atoms with Crippen LogP contribution in [0.15, 0.2) is 12.7 Å². The van der Waals surface area contributed by atoms with Gasteiger partial charge in [0.05, 0.1) is 13.2 Å². The number of hydrogen-bond donors (Lipinski definition) is 0. The van der Waals surface area contributed by atoms with E-state index in [1.807, 2.05) is 6.08 Å². The van der Waals surface area contributed by atoms with Gasteiger partial charge < -0.3 is 9.47 Å². The van der Waals surface area contributed by atoms with Gasteiger partial charge in [-0.3, -0.25) is 0 Å². The normalized spacial score (nSPS) is 19.5. The number of ether oxygens (including phenoxy) is 2. The first kappa shape index (κ1) is 10.7. The van der Waals surface area contributed by atoms with Crippen LogP contribution >= 0.6 is 0 Å². The Bertz CT molecular complexity index is 150. The van der Waals surface area contributed by atoms with E-state index in [4.69, 9.17) is 9.47 Å². The first-order chi connectivity index (χ1) is 6.33. The molecule has 0 spiro atoms. The molecular formula is C11H20O2. The van der Waals surface area contributed by atoms with Gasteiger partial charge in [0, 0.05) is 6.61 Å². The predicted molar refractivity (Wildman–Crippen MR) is 53.8 cm³/mol. The monoisotopic (exact) mass is 184 g/mol. The zero-order valence-corrected chi connectivity index (χ0v) is 8.55. The van der Waals surface area contributed by atoms with Crippen LogP contribution in [0.25, 0.3) is 0 Å². The fourth-order valence-corrected chi connectivity index (χ4v) is 1.60. The molecule has 0 saturated carbocycles. The van der Waals surface area contributed by atoms with E-state index in [2.05, 4.69) is 13.5 Å². The summed E-state index contributed by atoms with van der Waals surface area (Å²) in [5.74, 6) is 0. The minimum Gasteiger partial charge on any atom is -0.375 e. The van der Waals surface area contributed by atoms with Crippen molar-refractivity contribution in [1.82, 2.24) is 0 Å². The van der Waals surface area contributed by atoms with Crippen molar-refractivity contribution in [3.63, 3.8) is 0 Å². The molecule has 0 aromatic carbocycles. The van der Waals surface area contributed by atoms with Gasteiger partial charge in [0.15, 0.2) is 0 Å². The number of hydrogen-bond acceptors (Lipinski definition) is 2. The summed E-state index contributed by atoms with van der Waals surface area (Å²) in [7, 11) is 0. The lowest BCUT2D eigenvalue weighted by Gasteiger charge is -2.41. The lowest BCUT2D eigenvalue weighted by molar-refractivity contribution is -0.213. The number of allylic oxidation sites excluding steroid dienone is 1. The van der Waals surface area contributed by atoms with Gasteiger partial charge in [-0.2, -0.15) is 0 Å². The maximum absolute atomic E-state index is 5.84. The number of rotatable bonds is 7. The van der Waals surface area contributed by atoms with E-state index >= 15 is 0 Å². The Kier molecular flexibility index (Phi) is 4.46. The van der Waals surface area contributed by atoms with E-state index < -0.39 is 0 Å². The first-order valence-corrected chi connectivity index (χ1v) is 5.15. The lowest BCUT2D eigenvalue weighted by atomic mass is 9.96. The second-order valence-corrected chi connectivity index (χ2v) is 3.71. The van der Waals surface area contributed by atoms with Crippen LogP contribution in [0.4, 0.5) is 0 Å². The van der Waals surface area contributed by atoms with Crippen molar-refractivity contribution in [3.05, 3.63) is 12.7 Å². The smallest absolute Gasteiger partial charge is 0.115 e. The van der Waals surface area contributed by atoms with Crippen molar-refractivity contribution in [2.45, 2.75) is 38.2 Å². The van der Waals surface area contributed by atoms with Crippen LogP contribution in [0.2, 0.25) is 0 Å². The summed E-state index contributed by atoms with van der Waals surface area (Å²) in [4.78, 5) is 0. The zero-order chi connectivity index (χ0) is 9.57. The van der Waals surface area contributed by atoms with Crippen LogP contribution in [-0.2, 0) is 9.47 Å². The van der Waals surface area contributed by atoms with Crippen molar-refractivity contribution in [2.75, 3.05) is 19.8 Å². The molecule has 1 saturated heterocycles. The predicted octanol–water partition coefficient (Wildman–Crippen LogP) is 2.54. The molecule has 13 heavy (non-hydrogen) atoms. The molecule has 1 aliphatic rings. The third kappa shape index (κ3) is 3.12. The molecule has 76 valence electrons. The minimum atomic E-state index is 0.0654. The molecule has 1 heterocycles. The Morgan fingerprint density at radius 1 is 1.54 bits per heavy atom. The third-order valence-electron chi connectivity index (χ3n) is 2.40. The molecule has 0 atom stereocenters. The molecule has 1 rings (SSSR count). The topological polar surface area (TPSA) is 18.5 Å². The Balaban J connectivity index is 2.12. The van der Waals surface area contributed by atoms with E-state index in [1.165, 1.54) is 6.42 Å². The van der Waals surface area contributed by atoms with E-state index in [0.29, 0.717) is 0 Å². The van der Waals surface area contributed by atoms with Gasteiger partial charge >= 0.3 is 0 Å². The summed E-state index contributed by atoms with van der Waals surface area (Å²) in [6.07, 6.45) is 6.36. The SMILES string of the molecule is C=CCCCOC1(CCC)COC1. The second kappa shape index (κ2) is 5.40. The fourth-order valence-electron chi connectivity index (χ4n) is 1.60. The molecule has 0 aromatic heterocycles. The van der Waals surface area contributed by atoms with Gasteiger partial charge in [-0.1, -0.05) is 19.4 Å². The highest BCUT2D eigenvalue weighted by atomic mass is 16.6. The highest BCUT2D eigenvalue weighted by Gasteiger charge is 2.38. The van der Waals surface area contributed by atoms with E-state index in [1.54, 1.807) is 0 Å². The summed E-state index contributed by atoms with van der Waals surface area (Å²) in [5.41, 5.74) is 0.0654. The lowest BCUT2D eigenvalue weighted by Crippen LogP contribution is -2.51. The quantitative estimate of drug-likeness (QED) is 0.447. The van der Waals surface area contributed by atoms with Crippen molar-refractivity contribution in [1.29, 1.82) is 0 Å². The van der Waals surface area contributed by atoms with Crippen LogP contribution in [0.1, 0.15) is 32.6 Å². The molecule has 0 N–H and O–H groups in total. The van der Waals surface area contributed by atoms with Crippen LogP contribution in [0, 0.1) is 0 Å². The summed E-state index contributed by atoms with van der Waals surface area (Å²) in [5, 5.41) is 0. The van der Waals surface area contributed by atoms with E-state index in [9.17, 15) is 0 Å². The Labute approximate surface area is 80.9 Å². The van der Waals surface area contributed by atoms with Crippen LogP contribution in [0.5, 0.6) is 0 Å². The molecule has 0 radical (unpaired) electrons. The summed E-state index contributed by atoms with van der Waals surface area (Å²) in [6.45, 7) is 8.29. The highest BCUT2D eigenvalue weighted by Crippen LogP contribution is 2.27. The summed E-state index contributed by atoms with van der Waals surface area (Å²) < 4.78 is 11.0. The van der Waals surface area contributed by atoms with E-state index in [0.717, 1.165) is 39.1 Å². The molecule has 0 amide bonds. The molecule has 0 aromatic rings. The average molecular weight is 184 g/mol. The van der Waals surface area contributed by atoms with Gasteiger partial charge in [-0.15, -0.1) is 6.58 Å². The molecule has 2 heteroatoms. The molecule has 0 aliphatic carbocycles. The van der Waals surface area contributed by atoms with Gasteiger partial charge in [-0.25, -0.2) is 0 Å². The molecule has 0 bridgehead atoms. The molecular weight excluding hydrogens is 164 g/mol. The van der Waals surface area contributed by atoms with Crippen LogP contribution in [0.3, 0.4) is 0 Å². The standard InChI is InChI=1S/C11H20O2/c1-3-5-6-8-13-11(7-4-2)9-12-10-11/h3H,1,4-10H2,2H3. The van der Waals surface area contributed by atoms with Crippen LogP contribution < -0.4 is 0 Å².